The Bertz CT molecular complexity index is 1050. The van der Waals surface area contributed by atoms with Crippen molar-refractivity contribution in [3.63, 3.8) is 0 Å². The number of imide groups is 1. The maximum atomic E-state index is 12.7. The molecule has 0 saturated carbocycles. The van der Waals surface area contributed by atoms with Gasteiger partial charge in [0.2, 0.25) is 5.91 Å². The fourth-order valence-electron chi connectivity index (χ4n) is 2.88. The Hall–Kier alpha value is -2.53. The molecule has 162 valence electrons. The van der Waals surface area contributed by atoms with E-state index in [0.29, 0.717) is 29.4 Å². The van der Waals surface area contributed by atoms with E-state index in [4.69, 9.17) is 9.47 Å². The van der Waals surface area contributed by atoms with Gasteiger partial charge in [0.05, 0.1) is 22.2 Å². The first-order chi connectivity index (χ1) is 14.8. The molecule has 1 aliphatic heterocycles. The second kappa shape index (κ2) is 10.2. The van der Waals surface area contributed by atoms with Gasteiger partial charge in [-0.3, -0.25) is 19.3 Å². The molecular weight excluding hydrogens is 531 g/mol. The second-order valence-corrected chi connectivity index (χ2v) is 8.80. The molecule has 1 aliphatic rings. The van der Waals surface area contributed by atoms with Crippen molar-refractivity contribution in [2.45, 2.75) is 13.8 Å². The Morgan fingerprint density at radius 2 is 1.94 bits per heavy atom. The van der Waals surface area contributed by atoms with Crippen LogP contribution < -0.4 is 14.8 Å². The Labute approximate surface area is 198 Å². The van der Waals surface area contributed by atoms with E-state index in [9.17, 15) is 14.4 Å². The van der Waals surface area contributed by atoms with Gasteiger partial charge in [-0.25, -0.2) is 0 Å². The van der Waals surface area contributed by atoms with Gasteiger partial charge in [0.1, 0.15) is 6.54 Å². The third-order valence-electron chi connectivity index (χ3n) is 4.35. The lowest BCUT2D eigenvalue weighted by Gasteiger charge is -2.13. The number of aryl methyl sites for hydroxylation is 1. The zero-order chi connectivity index (χ0) is 22.5. The molecule has 1 fully saturated rings. The third kappa shape index (κ3) is 5.59. The van der Waals surface area contributed by atoms with Gasteiger partial charge < -0.3 is 14.8 Å². The summed E-state index contributed by atoms with van der Waals surface area (Å²) in [5.74, 6) is 0.224. The number of nitrogens with zero attached hydrogens (tertiary/aromatic N) is 1. The number of nitrogens with one attached hydrogen (secondary N) is 1. The molecule has 0 spiro atoms. The number of ether oxygens (including phenoxy) is 2. The molecule has 9 heteroatoms. The Morgan fingerprint density at radius 1 is 1.23 bits per heavy atom. The number of hydrogen-bond donors (Lipinski definition) is 1. The lowest BCUT2D eigenvalue weighted by Crippen LogP contribution is -2.36. The molecule has 2 aromatic rings. The van der Waals surface area contributed by atoms with Crippen LogP contribution in [0.15, 0.2) is 41.3 Å². The zero-order valence-electron chi connectivity index (χ0n) is 17.2. The fourth-order valence-corrected chi connectivity index (χ4v) is 4.50. The number of hydrogen-bond acceptors (Lipinski definition) is 6. The van der Waals surface area contributed by atoms with Gasteiger partial charge in [-0.05, 0) is 84.1 Å². The second-order valence-electron chi connectivity index (χ2n) is 6.65. The zero-order valence-corrected chi connectivity index (χ0v) is 20.2. The van der Waals surface area contributed by atoms with E-state index in [1.807, 2.05) is 32.0 Å². The summed E-state index contributed by atoms with van der Waals surface area (Å²) >= 11 is 2.94. The predicted octanol–water partition coefficient (Wildman–Crippen LogP) is 4.68. The molecule has 1 N–H and O–H groups in total. The van der Waals surface area contributed by atoms with E-state index in [1.165, 1.54) is 7.11 Å². The average molecular weight is 552 g/mol. The Balaban J connectivity index is 1.75. The molecule has 0 aromatic heterocycles. The number of halogens is 1. The monoisotopic (exact) mass is 552 g/mol. The standard InChI is InChI=1S/C22H21IN2O5S/c1-4-30-20-16(23)9-14(10-17(20)29-3)11-18-21(27)25(22(28)31-18)12-19(26)24-15-7-5-13(2)6-8-15/h5-11H,4,12H2,1-3H3,(H,24,26)/b18-11+. The summed E-state index contributed by atoms with van der Waals surface area (Å²) < 4.78 is 11.8. The van der Waals surface area contributed by atoms with E-state index < -0.39 is 17.1 Å². The summed E-state index contributed by atoms with van der Waals surface area (Å²) in [6.07, 6.45) is 1.61. The highest BCUT2D eigenvalue weighted by Gasteiger charge is 2.36. The van der Waals surface area contributed by atoms with Crippen LogP contribution in [0.1, 0.15) is 18.1 Å². The summed E-state index contributed by atoms with van der Waals surface area (Å²) in [6.45, 7) is 3.98. The minimum atomic E-state index is -0.503. The number of thioether (sulfide) groups is 1. The van der Waals surface area contributed by atoms with E-state index in [2.05, 4.69) is 27.9 Å². The van der Waals surface area contributed by atoms with Crippen LogP contribution in [-0.2, 0) is 9.59 Å². The van der Waals surface area contributed by atoms with Gasteiger partial charge in [0.15, 0.2) is 11.5 Å². The normalized spacial score (nSPS) is 14.8. The van der Waals surface area contributed by atoms with Crippen LogP contribution in [0.25, 0.3) is 6.08 Å². The van der Waals surface area contributed by atoms with Crippen molar-refractivity contribution in [2.24, 2.45) is 0 Å². The fraction of sp³-hybridized carbons (Fsp3) is 0.227. The van der Waals surface area contributed by atoms with Crippen LogP contribution in [0.3, 0.4) is 0 Å². The summed E-state index contributed by atoms with van der Waals surface area (Å²) in [5.41, 5.74) is 2.36. The molecule has 0 radical (unpaired) electrons. The van der Waals surface area contributed by atoms with Gasteiger partial charge >= 0.3 is 0 Å². The largest absolute Gasteiger partial charge is 0.493 e. The maximum absolute atomic E-state index is 12.7. The molecule has 0 aliphatic carbocycles. The van der Waals surface area contributed by atoms with E-state index in [0.717, 1.165) is 25.8 Å². The Kier molecular flexibility index (Phi) is 7.60. The minimum Gasteiger partial charge on any atom is -0.493 e. The van der Waals surface area contributed by atoms with Crippen molar-refractivity contribution >= 4 is 63.2 Å². The first-order valence-electron chi connectivity index (χ1n) is 9.44. The summed E-state index contributed by atoms with van der Waals surface area (Å²) in [7, 11) is 1.54. The van der Waals surface area contributed by atoms with Crippen molar-refractivity contribution in [1.82, 2.24) is 4.90 Å². The molecule has 0 atom stereocenters. The molecule has 0 bridgehead atoms. The van der Waals surface area contributed by atoms with Crippen LogP contribution in [0.4, 0.5) is 10.5 Å². The van der Waals surface area contributed by atoms with Crippen molar-refractivity contribution in [3.8, 4) is 11.5 Å². The van der Waals surface area contributed by atoms with Gasteiger partial charge in [-0.1, -0.05) is 17.7 Å². The number of carbonyl (C=O) groups excluding carboxylic acids is 3. The number of methoxy groups -OCH3 is 1. The summed E-state index contributed by atoms with van der Waals surface area (Å²) in [6, 6.07) is 10.8. The summed E-state index contributed by atoms with van der Waals surface area (Å²) in [4.78, 5) is 38.6. The smallest absolute Gasteiger partial charge is 0.294 e. The van der Waals surface area contributed by atoms with E-state index in [-0.39, 0.29) is 11.4 Å². The van der Waals surface area contributed by atoms with Crippen molar-refractivity contribution < 1.29 is 23.9 Å². The maximum Gasteiger partial charge on any atom is 0.294 e. The minimum absolute atomic E-state index is 0.246. The van der Waals surface area contributed by atoms with Crippen LogP contribution in [0.2, 0.25) is 0 Å². The SMILES string of the molecule is CCOc1c(I)cc(/C=C2/SC(=O)N(CC(=O)Nc3ccc(C)cc3)C2=O)cc1OC. The van der Waals surface area contributed by atoms with E-state index >= 15 is 0 Å². The average Bonchev–Trinajstić information content (AvgIpc) is 2.98. The highest BCUT2D eigenvalue weighted by atomic mass is 127. The molecule has 0 unspecified atom stereocenters. The molecule has 2 aromatic carbocycles. The van der Waals surface area contributed by atoms with Gasteiger partial charge in [0.25, 0.3) is 11.1 Å². The molecule has 31 heavy (non-hydrogen) atoms. The van der Waals surface area contributed by atoms with Crippen molar-refractivity contribution in [1.29, 1.82) is 0 Å². The quantitative estimate of drug-likeness (QED) is 0.397. The molecule has 3 rings (SSSR count). The molecule has 7 nitrogen and oxygen atoms in total. The Morgan fingerprint density at radius 3 is 2.58 bits per heavy atom. The van der Waals surface area contributed by atoms with Gasteiger partial charge in [-0.15, -0.1) is 0 Å². The number of carbonyl (C=O) groups is 3. The molecular formula is C22H21IN2O5S. The lowest BCUT2D eigenvalue weighted by atomic mass is 10.2. The van der Waals surface area contributed by atoms with Crippen LogP contribution in [0.5, 0.6) is 11.5 Å². The molecule has 3 amide bonds. The van der Waals surface area contributed by atoms with E-state index in [1.54, 1.807) is 24.3 Å². The first-order valence-corrected chi connectivity index (χ1v) is 11.3. The molecule has 1 heterocycles. The highest BCUT2D eigenvalue weighted by molar-refractivity contribution is 14.1. The first kappa shape index (κ1) is 23.1. The van der Waals surface area contributed by atoms with Crippen LogP contribution in [0, 0.1) is 10.5 Å². The van der Waals surface area contributed by atoms with Crippen LogP contribution >= 0.6 is 34.4 Å². The van der Waals surface area contributed by atoms with Gasteiger partial charge in [0, 0.05) is 5.69 Å². The summed E-state index contributed by atoms with van der Waals surface area (Å²) in [5, 5.41) is 2.21. The molecule has 1 saturated heterocycles. The van der Waals surface area contributed by atoms with Crippen LogP contribution in [-0.4, -0.2) is 42.2 Å². The third-order valence-corrected chi connectivity index (χ3v) is 6.06. The number of amides is 3. The van der Waals surface area contributed by atoms with Crippen molar-refractivity contribution in [3.05, 3.63) is 56.0 Å². The predicted molar refractivity (Wildman–Crippen MR) is 129 cm³/mol. The number of benzene rings is 2. The highest BCUT2D eigenvalue weighted by Crippen LogP contribution is 2.37. The topological polar surface area (TPSA) is 84.9 Å². The van der Waals surface area contributed by atoms with Crippen molar-refractivity contribution in [2.75, 3.05) is 25.6 Å². The lowest BCUT2D eigenvalue weighted by molar-refractivity contribution is -0.127. The number of anilines is 1. The van der Waals surface area contributed by atoms with Gasteiger partial charge in [-0.2, -0.15) is 0 Å². The number of rotatable bonds is 7.